The molecule has 0 aliphatic carbocycles. The van der Waals surface area contributed by atoms with Crippen molar-refractivity contribution in [2.45, 2.75) is 34.1 Å². The number of aryl methyl sites for hydroxylation is 2. The molecule has 2 heteroatoms. The van der Waals surface area contributed by atoms with Gasteiger partial charge >= 0.3 is 0 Å². The largest absolute Gasteiger partial charge is 0.306 e. The predicted octanol–water partition coefficient (Wildman–Crippen LogP) is 3.23. The van der Waals surface area contributed by atoms with Gasteiger partial charge in [-0.25, -0.2) is 4.98 Å². The van der Waals surface area contributed by atoms with Crippen LogP contribution in [-0.4, -0.2) is 9.38 Å². The number of imidazole rings is 1. The zero-order valence-electron chi connectivity index (χ0n) is 9.41. The molecule has 0 fully saturated rings. The SMILES string of the molecule is CC.CCc1ncn2cccc(C)c12. The van der Waals surface area contributed by atoms with Gasteiger partial charge in [-0.1, -0.05) is 26.8 Å². The molecule has 0 bridgehead atoms. The first kappa shape index (κ1) is 10.8. The summed E-state index contributed by atoms with van der Waals surface area (Å²) >= 11 is 0. The molecule has 2 heterocycles. The predicted molar refractivity (Wildman–Crippen MR) is 60.7 cm³/mol. The van der Waals surface area contributed by atoms with Gasteiger partial charge in [0.1, 0.15) is 0 Å². The fraction of sp³-hybridized carbons (Fsp3) is 0.417. The minimum atomic E-state index is 1.00. The Bertz CT molecular complexity index is 402. The number of pyridine rings is 1. The lowest BCUT2D eigenvalue weighted by Crippen LogP contribution is -1.87. The van der Waals surface area contributed by atoms with E-state index in [1.807, 2.05) is 32.4 Å². The van der Waals surface area contributed by atoms with E-state index in [4.69, 9.17) is 0 Å². The van der Waals surface area contributed by atoms with Crippen LogP contribution in [0.5, 0.6) is 0 Å². The lowest BCUT2D eigenvalue weighted by molar-refractivity contribution is 1.07. The third kappa shape index (κ3) is 1.79. The minimum Gasteiger partial charge on any atom is -0.306 e. The quantitative estimate of drug-likeness (QED) is 0.675. The Labute approximate surface area is 85.6 Å². The monoisotopic (exact) mass is 190 g/mol. The molecule has 0 saturated carbocycles. The number of hydrogen-bond donors (Lipinski definition) is 0. The Morgan fingerprint density at radius 1 is 1.36 bits per heavy atom. The van der Waals surface area contributed by atoms with E-state index in [1.165, 1.54) is 16.8 Å². The lowest BCUT2D eigenvalue weighted by atomic mass is 10.2. The Morgan fingerprint density at radius 3 is 2.71 bits per heavy atom. The molecule has 2 rings (SSSR count). The van der Waals surface area contributed by atoms with Crippen LogP contribution in [0.3, 0.4) is 0 Å². The molecule has 0 saturated heterocycles. The highest BCUT2D eigenvalue weighted by Gasteiger charge is 2.02. The van der Waals surface area contributed by atoms with Gasteiger partial charge in [-0.2, -0.15) is 0 Å². The highest BCUT2D eigenvalue weighted by atomic mass is 15.0. The molecule has 0 aliphatic heterocycles. The second-order valence-electron chi connectivity index (χ2n) is 2.99. The van der Waals surface area contributed by atoms with Gasteiger partial charge in [0.2, 0.25) is 0 Å². The van der Waals surface area contributed by atoms with Crippen LogP contribution in [0.2, 0.25) is 0 Å². The smallest absolute Gasteiger partial charge is 0.0995 e. The molecule has 0 atom stereocenters. The summed E-state index contributed by atoms with van der Waals surface area (Å²) in [6, 6.07) is 4.17. The maximum atomic E-state index is 4.34. The summed E-state index contributed by atoms with van der Waals surface area (Å²) in [5, 5.41) is 0. The molecule has 0 N–H and O–H groups in total. The second-order valence-corrected chi connectivity index (χ2v) is 2.99. The van der Waals surface area contributed by atoms with Gasteiger partial charge in [0.25, 0.3) is 0 Å². The van der Waals surface area contributed by atoms with Gasteiger partial charge in [-0.3, -0.25) is 0 Å². The van der Waals surface area contributed by atoms with Gasteiger partial charge in [0.05, 0.1) is 17.5 Å². The number of nitrogens with zero attached hydrogens (tertiary/aromatic N) is 2. The van der Waals surface area contributed by atoms with Gasteiger partial charge in [-0.15, -0.1) is 0 Å². The molecule has 2 aromatic rings. The summed E-state index contributed by atoms with van der Waals surface area (Å²) in [7, 11) is 0. The summed E-state index contributed by atoms with van der Waals surface area (Å²) in [5.74, 6) is 0. The molecule has 0 aliphatic rings. The van der Waals surface area contributed by atoms with Crippen molar-refractivity contribution in [3.63, 3.8) is 0 Å². The third-order valence-electron chi connectivity index (χ3n) is 2.17. The van der Waals surface area contributed by atoms with E-state index < -0.39 is 0 Å². The zero-order valence-corrected chi connectivity index (χ0v) is 9.41. The normalized spacial score (nSPS) is 9.71. The molecular formula is C12H18N2. The van der Waals surface area contributed by atoms with Crippen molar-refractivity contribution in [2.24, 2.45) is 0 Å². The Balaban J connectivity index is 0.000000461. The number of rotatable bonds is 1. The van der Waals surface area contributed by atoms with Crippen molar-refractivity contribution in [1.82, 2.24) is 9.38 Å². The highest BCUT2D eigenvalue weighted by molar-refractivity contribution is 5.58. The highest BCUT2D eigenvalue weighted by Crippen LogP contribution is 2.14. The number of aromatic nitrogens is 2. The summed E-state index contributed by atoms with van der Waals surface area (Å²) in [6.07, 6.45) is 4.91. The molecule has 2 nitrogen and oxygen atoms in total. The molecule has 2 aromatic heterocycles. The van der Waals surface area contributed by atoms with E-state index in [-0.39, 0.29) is 0 Å². The van der Waals surface area contributed by atoms with Gasteiger partial charge in [0.15, 0.2) is 0 Å². The first-order chi connectivity index (χ1) is 6.83. The fourth-order valence-corrected chi connectivity index (χ4v) is 1.56. The number of hydrogen-bond acceptors (Lipinski definition) is 1. The molecule has 0 aromatic carbocycles. The van der Waals surface area contributed by atoms with E-state index >= 15 is 0 Å². The van der Waals surface area contributed by atoms with Gasteiger partial charge < -0.3 is 4.40 Å². The maximum Gasteiger partial charge on any atom is 0.0995 e. The summed E-state index contributed by atoms with van der Waals surface area (Å²) in [6.45, 7) is 8.25. The van der Waals surface area contributed by atoms with Crippen molar-refractivity contribution in [2.75, 3.05) is 0 Å². The van der Waals surface area contributed by atoms with Crippen LogP contribution in [0.1, 0.15) is 32.0 Å². The summed E-state index contributed by atoms with van der Waals surface area (Å²) in [5.41, 5.74) is 3.75. The molecule has 0 unspecified atom stereocenters. The van der Waals surface area contributed by atoms with Crippen molar-refractivity contribution in [1.29, 1.82) is 0 Å². The average Bonchev–Trinajstić information content (AvgIpc) is 2.65. The van der Waals surface area contributed by atoms with E-state index in [0.717, 1.165) is 6.42 Å². The van der Waals surface area contributed by atoms with Gasteiger partial charge in [0, 0.05) is 6.20 Å². The van der Waals surface area contributed by atoms with Gasteiger partial charge in [-0.05, 0) is 25.0 Å². The van der Waals surface area contributed by atoms with E-state index in [9.17, 15) is 0 Å². The van der Waals surface area contributed by atoms with E-state index in [2.05, 4.69) is 29.3 Å². The van der Waals surface area contributed by atoms with Crippen LogP contribution in [-0.2, 0) is 6.42 Å². The maximum absolute atomic E-state index is 4.34. The van der Waals surface area contributed by atoms with Crippen molar-refractivity contribution < 1.29 is 0 Å². The summed E-state index contributed by atoms with van der Waals surface area (Å²) < 4.78 is 2.08. The van der Waals surface area contributed by atoms with Crippen LogP contribution in [0.25, 0.3) is 5.52 Å². The second kappa shape index (κ2) is 4.80. The molecule has 0 spiro atoms. The first-order valence-electron chi connectivity index (χ1n) is 5.24. The van der Waals surface area contributed by atoms with Crippen LogP contribution < -0.4 is 0 Å². The van der Waals surface area contributed by atoms with E-state index in [1.54, 1.807) is 0 Å². The average molecular weight is 190 g/mol. The van der Waals surface area contributed by atoms with Crippen molar-refractivity contribution in [3.8, 4) is 0 Å². The molecule has 76 valence electrons. The topological polar surface area (TPSA) is 17.3 Å². The van der Waals surface area contributed by atoms with Crippen LogP contribution in [0.15, 0.2) is 24.7 Å². The Hall–Kier alpha value is -1.31. The molecule has 0 radical (unpaired) electrons. The van der Waals surface area contributed by atoms with Crippen LogP contribution >= 0.6 is 0 Å². The number of fused-ring (bicyclic) bond motifs is 1. The van der Waals surface area contributed by atoms with Crippen molar-refractivity contribution in [3.05, 3.63) is 35.9 Å². The standard InChI is InChI=1S/C10H12N2.C2H6/c1-3-9-10-8(2)5-4-6-12(10)7-11-9;1-2/h4-7H,3H2,1-2H3;1-2H3. The molecular weight excluding hydrogens is 172 g/mol. The minimum absolute atomic E-state index is 1.00. The van der Waals surface area contributed by atoms with Crippen LogP contribution in [0.4, 0.5) is 0 Å². The zero-order chi connectivity index (χ0) is 10.6. The van der Waals surface area contributed by atoms with Crippen molar-refractivity contribution >= 4 is 5.52 Å². The van der Waals surface area contributed by atoms with Crippen LogP contribution in [0, 0.1) is 6.92 Å². The Kier molecular flexibility index (Phi) is 3.69. The van der Waals surface area contributed by atoms with E-state index in [0.29, 0.717) is 0 Å². The third-order valence-corrected chi connectivity index (χ3v) is 2.17. The Morgan fingerprint density at radius 2 is 2.07 bits per heavy atom. The fourth-order valence-electron chi connectivity index (χ4n) is 1.56. The summed E-state index contributed by atoms with van der Waals surface area (Å²) in [4.78, 5) is 4.34. The molecule has 14 heavy (non-hydrogen) atoms. The first-order valence-corrected chi connectivity index (χ1v) is 5.24. The lowest BCUT2D eigenvalue weighted by Gasteiger charge is -1.98. The molecule has 0 amide bonds.